The van der Waals surface area contributed by atoms with Crippen molar-refractivity contribution in [2.24, 2.45) is 7.05 Å². The summed E-state index contributed by atoms with van der Waals surface area (Å²) in [6.45, 7) is 3.73. The third kappa shape index (κ3) is 2.03. The quantitative estimate of drug-likeness (QED) is 0.435. The van der Waals surface area contributed by atoms with E-state index < -0.39 is 0 Å². The molecule has 0 radical (unpaired) electrons. The van der Waals surface area contributed by atoms with E-state index in [0.717, 1.165) is 36.8 Å². The van der Waals surface area contributed by atoms with Gasteiger partial charge in [0.15, 0.2) is 6.29 Å². The van der Waals surface area contributed by atoms with E-state index in [4.69, 9.17) is 0 Å². The summed E-state index contributed by atoms with van der Waals surface area (Å²) in [6, 6.07) is 8.17. The summed E-state index contributed by atoms with van der Waals surface area (Å²) in [6.07, 6.45) is 5.84. The number of carbonyl (C=O) groups excluding carboxylic acids is 1. The lowest BCUT2D eigenvalue weighted by atomic mass is 10.0. The van der Waals surface area contributed by atoms with Gasteiger partial charge in [0.25, 0.3) is 0 Å². The summed E-state index contributed by atoms with van der Waals surface area (Å²) >= 11 is 0. The van der Waals surface area contributed by atoms with Crippen LogP contribution in [0.3, 0.4) is 0 Å². The van der Waals surface area contributed by atoms with Gasteiger partial charge in [0.05, 0.1) is 5.69 Å². The summed E-state index contributed by atoms with van der Waals surface area (Å²) in [4.78, 5) is 11.2. The standard InChI is InChI=1S/C15H17NO/c1-3-4-5-8-13-12-9-6-7-10-14(12)16(2)15(13)11-17/h3,6-7,9-11H,1,4-5,8H2,2H3. The molecule has 0 aliphatic heterocycles. The highest BCUT2D eigenvalue weighted by Crippen LogP contribution is 2.25. The SMILES string of the molecule is C=CCCCc1c(C=O)n(C)c2ccccc12. The van der Waals surface area contributed by atoms with Crippen molar-refractivity contribution < 1.29 is 4.79 Å². The molecule has 17 heavy (non-hydrogen) atoms. The van der Waals surface area contributed by atoms with Gasteiger partial charge in [-0.25, -0.2) is 0 Å². The highest BCUT2D eigenvalue weighted by molar-refractivity contribution is 5.93. The molecule has 0 aliphatic rings. The van der Waals surface area contributed by atoms with Gasteiger partial charge in [-0.3, -0.25) is 4.79 Å². The molecular formula is C15H17NO. The highest BCUT2D eigenvalue weighted by Gasteiger charge is 2.13. The molecule has 1 heterocycles. The Morgan fingerprint density at radius 3 is 2.82 bits per heavy atom. The lowest BCUT2D eigenvalue weighted by Gasteiger charge is -2.00. The fourth-order valence-corrected chi connectivity index (χ4v) is 2.33. The second-order valence-corrected chi connectivity index (χ2v) is 4.24. The maximum atomic E-state index is 11.2. The number of aldehydes is 1. The molecule has 2 nitrogen and oxygen atoms in total. The van der Waals surface area contributed by atoms with Crippen LogP contribution >= 0.6 is 0 Å². The molecule has 88 valence electrons. The van der Waals surface area contributed by atoms with E-state index in [9.17, 15) is 4.79 Å². The van der Waals surface area contributed by atoms with Crippen LogP contribution in [-0.2, 0) is 13.5 Å². The molecule has 0 N–H and O–H groups in total. The van der Waals surface area contributed by atoms with Crippen LogP contribution in [-0.4, -0.2) is 10.9 Å². The van der Waals surface area contributed by atoms with Crippen LogP contribution < -0.4 is 0 Å². The zero-order valence-electron chi connectivity index (χ0n) is 10.1. The smallest absolute Gasteiger partial charge is 0.166 e. The number of allylic oxidation sites excluding steroid dienone is 1. The van der Waals surface area contributed by atoms with Crippen molar-refractivity contribution in [2.75, 3.05) is 0 Å². The van der Waals surface area contributed by atoms with Gasteiger partial charge in [-0.1, -0.05) is 24.3 Å². The molecule has 0 aliphatic carbocycles. The maximum absolute atomic E-state index is 11.2. The Balaban J connectivity index is 2.50. The van der Waals surface area contributed by atoms with Crippen molar-refractivity contribution in [3.63, 3.8) is 0 Å². The number of hydrogen-bond acceptors (Lipinski definition) is 1. The number of aromatic nitrogens is 1. The summed E-state index contributed by atoms with van der Waals surface area (Å²) in [5.41, 5.74) is 3.10. The van der Waals surface area contributed by atoms with Gasteiger partial charge in [-0.2, -0.15) is 0 Å². The van der Waals surface area contributed by atoms with Gasteiger partial charge in [-0.05, 0) is 30.9 Å². The number of para-hydroxylation sites is 1. The van der Waals surface area contributed by atoms with E-state index >= 15 is 0 Å². The van der Waals surface area contributed by atoms with Gasteiger partial charge in [-0.15, -0.1) is 6.58 Å². The van der Waals surface area contributed by atoms with Crippen LogP contribution in [0.1, 0.15) is 28.9 Å². The monoisotopic (exact) mass is 227 g/mol. The molecular weight excluding hydrogens is 210 g/mol. The number of nitrogens with zero attached hydrogens (tertiary/aromatic N) is 1. The van der Waals surface area contributed by atoms with Gasteiger partial charge in [0, 0.05) is 18.0 Å². The van der Waals surface area contributed by atoms with Crippen molar-refractivity contribution in [1.29, 1.82) is 0 Å². The Bertz CT molecular complexity index is 551. The first-order valence-electron chi connectivity index (χ1n) is 5.92. The first-order chi connectivity index (χ1) is 8.29. The van der Waals surface area contributed by atoms with E-state index in [2.05, 4.69) is 18.7 Å². The second-order valence-electron chi connectivity index (χ2n) is 4.24. The fourth-order valence-electron chi connectivity index (χ4n) is 2.33. The zero-order valence-corrected chi connectivity index (χ0v) is 10.1. The molecule has 0 saturated heterocycles. The van der Waals surface area contributed by atoms with Gasteiger partial charge >= 0.3 is 0 Å². The third-order valence-electron chi connectivity index (χ3n) is 3.21. The lowest BCUT2D eigenvalue weighted by molar-refractivity contribution is 0.111. The number of benzene rings is 1. The Morgan fingerprint density at radius 2 is 2.12 bits per heavy atom. The molecule has 0 atom stereocenters. The average Bonchev–Trinajstić information content (AvgIpc) is 2.63. The summed E-state index contributed by atoms with van der Waals surface area (Å²) in [5.74, 6) is 0. The topological polar surface area (TPSA) is 22.0 Å². The van der Waals surface area contributed by atoms with Gasteiger partial charge < -0.3 is 4.57 Å². The normalized spacial score (nSPS) is 10.6. The Morgan fingerprint density at radius 1 is 1.35 bits per heavy atom. The average molecular weight is 227 g/mol. The molecule has 0 spiro atoms. The van der Waals surface area contributed by atoms with E-state index in [-0.39, 0.29) is 0 Å². The minimum absolute atomic E-state index is 0.801. The van der Waals surface area contributed by atoms with Gasteiger partial charge in [0.1, 0.15) is 0 Å². The molecule has 0 fully saturated rings. The van der Waals surface area contributed by atoms with Crippen LogP contribution in [0, 0.1) is 0 Å². The molecule has 0 amide bonds. The highest BCUT2D eigenvalue weighted by atomic mass is 16.1. The predicted octanol–water partition coefficient (Wildman–Crippen LogP) is 3.50. The van der Waals surface area contributed by atoms with Crippen LogP contribution in [0.15, 0.2) is 36.9 Å². The molecule has 0 saturated carbocycles. The Labute approximate surface area is 102 Å². The maximum Gasteiger partial charge on any atom is 0.166 e. The van der Waals surface area contributed by atoms with Crippen molar-refractivity contribution in [2.45, 2.75) is 19.3 Å². The molecule has 0 bridgehead atoms. The molecule has 1 aromatic heterocycles. The van der Waals surface area contributed by atoms with Gasteiger partial charge in [0.2, 0.25) is 0 Å². The number of carbonyl (C=O) groups is 1. The van der Waals surface area contributed by atoms with Crippen LogP contribution in [0.5, 0.6) is 0 Å². The number of rotatable bonds is 5. The molecule has 1 aromatic carbocycles. The summed E-state index contributed by atoms with van der Waals surface area (Å²) in [5, 5.41) is 1.20. The number of hydrogen-bond donors (Lipinski definition) is 0. The predicted molar refractivity (Wildman–Crippen MR) is 71.4 cm³/mol. The molecule has 2 aromatic rings. The lowest BCUT2D eigenvalue weighted by Crippen LogP contribution is -1.97. The summed E-state index contributed by atoms with van der Waals surface area (Å²) in [7, 11) is 1.95. The number of fused-ring (bicyclic) bond motifs is 1. The van der Waals surface area contributed by atoms with E-state index in [1.807, 2.05) is 29.8 Å². The Hall–Kier alpha value is -1.83. The molecule has 2 heteroatoms. The minimum atomic E-state index is 0.801. The number of unbranched alkanes of at least 4 members (excludes halogenated alkanes) is 1. The fraction of sp³-hybridized carbons (Fsp3) is 0.267. The third-order valence-corrected chi connectivity index (χ3v) is 3.21. The first-order valence-corrected chi connectivity index (χ1v) is 5.92. The van der Waals surface area contributed by atoms with Crippen LogP contribution in [0.2, 0.25) is 0 Å². The molecule has 0 unspecified atom stereocenters. The van der Waals surface area contributed by atoms with Crippen molar-refractivity contribution in [3.8, 4) is 0 Å². The number of aryl methyl sites for hydroxylation is 2. The van der Waals surface area contributed by atoms with E-state index in [0.29, 0.717) is 0 Å². The zero-order chi connectivity index (χ0) is 12.3. The second kappa shape index (κ2) is 5.00. The summed E-state index contributed by atoms with van der Waals surface area (Å²) < 4.78 is 1.98. The van der Waals surface area contributed by atoms with Crippen molar-refractivity contribution in [1.82, 2.24) is 4.57 Å². The molecule has 2 rings (SSSR count). The largest absolute Gasteiger partial charge is 0.341 e. The Kier molecular flexibility index (Phi) is 3.43. The van der Waals surface area contributed by atoms with E-state index in [1.54, 1.807) is 0 Å². The van der Waals surface area contributed by atoms with Crippen LogP contribution in [0.25, 0.3) is 10.9 Å². The van der Waals surface area contributed by atoms with Crippen molar-refractivity contribution >= 4 is 17.2 Å². The first kappa shape index (κ1) is 11.6. The minimum Gasteiger partial charge on any atom is -0.341 e. The van der Waals surface area contributed by atoms with E-state index in [1.165, 1.54) is 10.9 Å². The van der Waals surface area contributed by atoms with Crippen LogP contribution in [0.4, 0.5) is 0 Å². The van der Waals surface area contributed by atoms with Crippen molar-refractivity contribution in [3.05, 3.63) is 48.2 Å².